The first-order valence-corrected chi connectivity index (χ1v) is 14.3. The molecule has 0 radical (unpaired) electrons. The highest BCUT2D eigenvalue weighted by Crippen LogP contribution is 2.66. The van der Waals surface area contributed by atoms with Crippen LogP contribution in [0.1, 0.15) is 71.9 Å². The maximum atomic E-state index is 11.3. The lowest BCUT2D eigenvalue weighted by Gasteiger charge is -2.38. The molecule has 2 saturated carbocycles. The fraction of sp³-hybridized carbons (Fsp3) is 0.457. The third kappa shape index (κ3) is 8.11. The van der Waals surface area contributed by atoms with Crippen molar-refractivity contribution in [2.45, 2.75) is 73.2 Å². The first-order chi connectivity index (χ1) is 18.9. The maximum absolute atomic E-state index is 11.3. The summed E-state index contributed by atoms with van der Waals surface area (Å²) in [7, 11) is 0. The zero-order valence-corrected chi connectivity index (χ0v) is 24.9. The van der Waals surface area contributed by atoms with Gasteiger partial charge >= 0.3 is 5.97 Å². The molecule has 2 aliphatic carbocycles. The molecule has 4 atom stereocenters. The van der Waals surface area contributed by atoms with E-state index in [4.69, 9.17) is 14.2 Å². The maximum Gasteiger partial charge on any atom is 0.330 e. The highest BCUT2D eigenvalue weighted by Gasteiger charge is 2.62. The summed E-state index contributed by atoms with van der Waals surface area (Å²) in [6, 6.07) is 15.0. The Labute approximate surface area is 240 Å². The highest BCUT2D eigenvalue weighted by molar-refractivity contribution is 5.81. The largest absolute Gasteiger partial charge is 0.508 e. The summed E-state index contributed by atoms with van der Waals surface area (Å²) in [4.78, 5) is 11.3. The topological polar surface area (TPSA) is 65.0 Å². The van der Waals surface area contributed by atoms with Crippen molar-refractivity contribution in [3.63, 3.8) is 0 Å². The lowest BCUT2D eigenvalue weighted by molar-refractivity contribution is -0.150. The first kappa shape index (κ1) is 31.2. The summed E-state index contributed by atoms with van der Waals surface area (Å²) in [6.07, 6.45) is 12.6. The van der Waals surface area contributed by atoms with Crippen molar-refractivity contribution in [3.05, 3.63) is 84.5 Å². The van der Waals surface area contributed by atoms with Crippen molar-refractivity contribution in [2.24, 2.45) is 22.7 Å². The molecule has 0 aliphatic heterocycles. The molecule has 5 heteroatoms. The minimum absolute atomic E-state index is 0.0942. The average Bonchev–Trinajstić information content (AvgIpc) is 3.26. The Morgan fingerprint density at radius 2 is 1.57 bits per heavy atom. The molecule has 4 unspecified atom stereocenters. The fourth-order valence-corrected chi connectivity index (χ4v) is 5.63. The lowest BCUT2D eigenvalue weighted by atomic mass is 9.70. The molecule has 4 rings (SSSR count). The van der Waals surface area contributed by atoms with Crippen LogP contribution in [0.4, 0.5) is 0 Å². The number of hydrogen-bond acceptors (Lipinski definition) is 5. The van der Waals surface area contributed by atoms with Crippen LogP contribution in [0.3, 0.4) is 0 Å². The molecule has 2 aromatic rings. The molecule has 0 saturated heterocycles. The molecular formula is C35H46O5. The van der Waals surface area contributed by atoms with E-state index in [-0.39, 0.29) is 29.5 Å². The number of phenols is 1. The lowest BCUT2D eigenvalue weighted by Crippen LogP contribution is -2.38. The van der Waals surface area contributed by atoms with E-state index in [1.165, 1.54) is 18.9 Å². The average molecular weight is 547 g/mol. The summed E-state index contributed by atoms with van der Waals surface area (Å²) >= 11 is 0. The predicted octanol–water partition coefficient (Wildman–Crippen LogP) is 8.45. The molecule has 2 fully saturated rings. The van der Waals surface area contributed by atoms with Gasteiger partial charge in [0.25, 0.3) is 0 Å². The molecule has 0 aromatic heterocycles. The van der Waals surface area contributed by atoms with Gasteiger partial charge in [-0.1, -0.05) is 89.8 Å². The molecular weight excluding hydrogens is 500 g/mol. The van der Waals surface area contributed by atoms with Crippen LogP contribution in [0, 0.1) is 22.7 Å². The molecule has 0 heterocycles. The monoisotopic (exact) mass is 546 g/mol. The number of esters is 1. The Kier molecular flexibility index (Phi) is 10.8. The molecule has 40 heavy (non-hydrogen) atoms. The number of hydrogen-bond donors (Lipinski definition) is 1. The van der Waals surface area contributed by atoms with Gasteiger partial charge in [-0.05, 0) is 78.8 Å². The second-order valence-electron chi connectivity index (χ2n) is 12.0. The van der Waals surface area contributed by atoms with Gasteiger partial charge in [-0.3, -0.25) is 0 Å². The van der Waals surface area contributed by atoms with Crippen molar-refractivity contribution in [1.29, 1.82) is 0 Å². The van der Waals surface area contributed by atoms with E-state index in [0.717, 1.165) is 23.3 Å². The number of allylic oxidation sites excluding steroid dienone is 2. The number of carbonyl (C=O) groups excluding carboxylic acids is 1. The first-order valence-electron chi connectivity index (χ1n) is 14.3. The van der Waals surface area contributed by atoms with Crippen molar-refractivity contribution in [3.8, 4) is 11.5 Å². The van der Waals surface area contributed by atoms with Crippen molar-refractivity contribution in [1.82, 2.24) is 0 Å². The van der Waals surface area contributed by atoms with E-state index in [2.05, 4.69) is 41.2 Å². The van der Waals surface area contributed by atoms with Crippen molar-refractivity contribution in [2.75, 3.05) is 6.61 Å². The third-order valence-corrected chi connectivity index (χ3v) is 8.57. The van der Waals surface area contributed by atoms with Gasteiger partial charge in [0.2, 0.25) is 0 Å². The second-order valence-corrected chi connectivity index (χ2v) is 12.0. The van der Waals surface area contributed by atoms with Gasteiger partial charge in [0.1, 0.15) is 17.6 Å². The van der Waals surface area contributed by atoms with E-state index in [1.807, 2.05) is 67.6 Å². The predicted molar refractivity (Wildman–Crippen MR) is 163 cm³/mol. The standard InChI is InChI=1S/C22H26O3.C13H20O2/c1-17(2)16-24-18(3)25-22-14-10-20(11-15-22)7-5-4-6-19-8-12-21(23)13-9-19;1-5-11(14)15-10-8-9-6-7-13(10,4)12(9,2)3/h4-15,17-18,23H,16H2,1-3H3;5,9-10H,1,6-8H2,2-4H3. The van der Waals surface area contributed by atoms with Crippen LogP contribution in [-0.2, 0) is 14.3 Å². The smallest absolute Gasteiger partial charge is 0.330 e. The minimum Gasteiger partial charge on any atom is -0.508 e. The number of phenolic OH excluding ortho intramolecular Hbond substituents is 1. The summed E-state index contributed by atoms with van der Waals surface area (Å²) in [5.74, 6) is 2.01. The van der Waals surface area contributed by atoms with Crippen molar-refractivity contribution >= 4 is 18.1 Å². The van der Waals surface area contributed by atoms with E-state index >= 15 is 0 Å². The van der Waals surface area contributed by atoms with E-state index in [1.54, 1.807) is 12.1 Å². The quantitative estimate of drug-likeness (QED) is 0.140. The molecule has 0 spiro atoms. The van der Waals surface area contributed by atoms with Crippen LogP contribution in [0.25, 0.3) is 12.2 Å². The molecule has 1 N–H and O–H groups in total. The molecule has 5 nitrogen and oxygen atoms in total. The van der Waals surface area contributed by atoms with Crippen LogP contribution < -0.4 is 4.74 Å². The number of rotatable bonds is 10. The minimum atomic E-state index is -0.274. The SMILES string of the molecule is C=CC(=O)OC1CC2CCC1(C)C2(C)C.CC(C)COC(C)Oc1ccc(C=CC=Cc2ccc(O)cc2)cc1. The van der Waals surface area contributed by atoms with Gasteiger partial charge in [-0.2, -0.15) is 0 Å². The number of benzene rings is 2. The molecule has 2 bridgehead atoms. The highest BCUT2D eigenvalue weighted by atomic mass is 16.7. The van der Waals surface area contributed by atoms with Gasteiger partial charge in [-0.15, -0.1) is 0 Å². The van der Waals surface area contributed by atoms with Crippen LogP contribution in [0.15, 0.2) is 73.3 Å². The number of carbonyl (C=O) groups is 1. The van der Waals surface area contributed by atoms with E-state index in [9.17, 15) is 9.90 Å². The van der Waals surface area contributed by atoms with Gasteiger partial charge in [0.15, 0.2) is 6.29 Å². The van der Waals surface area contributed by atoms with Gasteiger partial charge in [0, 0.05) is 11.5 Å². The Balaban J connectivity index is 0.000000249. The van der Waals surface area contributed by atoms with Crippen LogP contribution in [0.2, 0.25) is 0 Å². The molecule has 0 amide bonds. The summed E-state index contributed by atoms with van der Waals surface area (Å²) in [5, 5.41) is 9.25. The van der Waals surface area contributed by atoms with Crippen molar-refractivity contribution < 1.29 is 24.1 Å². The zero-order valence-electron chi connectivity index (χ0n) is 24.9. The Hall–Kier alpha value is -3.31. The molecule has 2 aromatic carbocycles. The Bertz CT molecular complexity index is 1160. The second kappa shape index (κ2) is 13.8. The van der Waals surface area contributed by atoms with Gasteiger partial charge in [0.05, 0.1) is 6.61 Å². The van der Waals surface area contributed by atoms with Crippen LogP contribution >= 0.6 is 0 Å². The van der Waals surface area contributed by atoms with Gasteiger partial charge < -0.3 is 19.3 Å². The van der Waals surface area contributed by atoms with Gasteiger partial charge in [-0.25, -0.2) is 4.79 Å². The van der Waals surface area contributed by atoms with E-state index < -0.39 is 0 Å². The summed E-state index contributed by atoms with van der Waals surface area (Å²) in [5.41, 5.74) is 2.61. The Morgan fingerprint density at radius 3 is 2.05 bits per heavy atom. The van der Waals surface area contributed by atoms with Crippen LogP contribution in [-0.4, -0.2) is 30.1 Å². The molecule has 216 valence electrons. The van der Waals surface area contributed by atoms with Crippen LogP contribution in [0.5, 0.6) is 11.5 Å². The number of aromatic hydroxyl groups is 1. The zero-order chi connectivity index (χ0) is 29.3. The fourth-order valence-electron chi connectivity index (χ4n) is 5.63. The summed E-state index contributed by atoms with van der Waals surface area (Å²) in [6.45, 7) is 17.2. The third-order valence-electron chi connectivity index (χ3n) is 8.57. The Morgan fingerprint density at radius 1 is 1.00 bits per heavy atom. The normalized spacial score (nSPS) is 23.7. The molecule has 2 aliphatic rings. The summed E-state index contributed by atoms with van der Waals surface area (Å²) < 4.78 is 16.8. The number of ether oxygens (including phenoxy) is 3. The van der Waals surface area contributed by atoms with E-state index in [0.29, 0.717) is 23.9 Å². The number of fused-ring (bicyclic) bond motifs is 2.